The Hall–Kier alpha value is -1.35. The van der Waals surface area contributed by atoms with Crippen LogP contribution in [0.4, 0.5) is 0 Å². The zero-order valence-electron chi connectivity index (χ0n) is 13.8. The van der Waals surface area contributed by atoms with Crippen LogP contribution in [0.25, 0.3) is 0 Å². The first kappa shape index (κ1) is 15.2. The van der Waals surface area contributed by atoms with Crippen molar-refractivity contribution in [2.75, 3.05) is 13.7 Å². The molecule has 4 bridgehead atoms. The van der Waals surface area contributed by atoms with Gasteiger partial charge < -0.3 is 9.84 Å². The predicted molar refractivity (Wildman–Crippen MR) is 87.8 cm³/mol. The fourth-order valence-electron chi connectivity index (χ4n) is 6.45. The summed E-state index contributed by atoms with van der Waals surface area (Å²) in [5.74, 6) is 1.66. The molecule has 2 unspecified atom stereocenters. The van der Waals surface area contributed by atoms with Crippen molar-refractivity contribution < 1.29 is 14.6 Å². The summed E-state index contributed by atoms with van der Waals surface area (Å²) >= 11 is 0. The highest BCUT2D eigenvalue weighted by Crippen LogP contribution is 2.68. The third kappa shape index (κ3) is 2.16. The Kier molecular flexibility index (Phi) is 3.53. The summed E-state index contributed by atoms with van der Waals surface area (Å²) < 4.78 is 5.22. The lowest BCUT2D eigenvalue weighted by atomic mass is 9.40. The fraction of sp³-hybridized carbons (Fsp3) is 0.650. The molecule has 0 aromatic heterocycles. The van der Waals surface area contributed by atoms with Crippen molar-refractivity contribution in [3.05, 3.63) is 35.9 Å². The second-order valence-electron chi connectivity index (χ2n) is 8.11. The Morgan fingerprint density at radius 2 is 1.83 bits per heavy atom. The molecule has 0 heterocycles. The number of benzene rings is 1. The Bertz CT molecular complexity index is 578. The number of hydrogen-bond donors (Lipinski definition) is 1. The summed E-state index contributed by atoms with van der Waals surface area (Å²) in [5.41, 5.74) is 1.24. The van der Waals surface area contributed by atoms with E-state index in [1.54, 1.807) is 0 Å². The second-order valence-corrected chi connectivity index (χ2v) is 8.11. The number of aliphatic hydroxyl groups is 1. The molecule has 0 spiro atoms. The van der Waals surface area contributed by atoms with Crippen molar-refractivity contribution in [1.29, 1.82) is 0 Å². The lowest BCUT2D eigenvalue weighted by Crippen LogP contribution is -2.60. The van der Waals surface area contributed by atoms with Gasteiger partial charge in [-0.3, -0.25) is 4.79 Å². The molecule has 124 valence electrons. The molecular formula is C20H26O3. The largest absolute Gasteiger partial charge is 0.469 e. The summed E-state index contributed by atoms with van der Waals surface area (Å²) in [5, 5.41) is 9.46. The minimum atomic E-state index is -0.289. The van der Waals surface area contributed by atoms with Crippen LogP contribution in [0, 0.1) is 23.2 Å². The molecule has 0 saturated heterocycles. The van der Waals surface area contributed by atoms with Gasteiger partial charge in [-0.2, -0.15) is 0 Å². The van der Waals surface area contributed by atoms with E-state index in [4.69, 9.17) is 4.74 Å². The Morgan fingerprint density at radius 3 is 2.39 bits per heavy atom. The van der Waals surface area contributed by atoms with Gasteiger partial charge in [-0.15, -0.1) is 0 Å². The zero-order chi connectivity index (χ0) is 16.1. The molecular weight excluding hydrogens is 288 g/mol. The molecule has 1 aromatic carbocycles. The number of aliphatic hydroxyl groups excluding tert-OH is 1. The predicted octanol–water partition coefficient (Wildman–Crippen LogP) is 3.31. The SMILES string of the molecule is COC(=O)C12CC3CC(c4ccccc4)(CC(C1)C3CCO)C2. The summed E-state index contributed by atoms with van der Waals surface area (Å²) in [6.07, 6.45) is 6.06. The van der Waals surface area contributed by atoms with Crippen LogP contribution in [0.15, 0.2) is 30.3 Å². The van der Waals surface area contributed by atoms with E-state index < -0.39 is 0 Å². The molecule has 0 aliphatic heterocycles. The minimum Gasteiger partial charge on any atom is -0.469 e. The van der Waals surface area contributed by atoms with Crippen molar-refractivity contribution in [2.24, 2.45) is 23.2 Å². The van der Waals surface area contributed by atoms with Crippen molar-refractivity contribution in [1.82, 2.24) is 0 Å². The first-order valence-corrected chi connectivity index (χ1v) is 8.87. The van der Waals surface area contributed by atoms with Crippen LogP contribution in [0.1, 0.15) is 44.1 Å². The van der Waals surface area contributed by atoms with E-state index >= 15 is 0 Å². The van der Waals surface area contributed by atoms with E-state index in [9.17, 15) is 9.90 Å². The normalized spacial score (nSPS) is 41.0. The standard InChI is InChI=1S/C20H26O3/c1-23-18(22)20-11-14-9-19(13-20,16-5-3-2-4-6-16)10-15(12-20)17(14)7-8-21/h2-6,14-15,17,21H,7-13H2,1H3. The summed E-state index contributed by atoms with van der Waals surface area (Å²) in [6, 6.07) is 10.8. The van der Waals surface area contributed by atoms with Crippen molar-refractivity contribution >= 4 is 5.97 Å². The fourth-order valence-corrected chi connectivity index (χ4v) is 6.45. The van der Waals surface area contributed by atoms with Crippen LogP contribution in [-0.4, -0.2) is 24.8 Å². The topological polar surface area (TPSA) is 46.5 Å². The lowest BCUT2D eigenvalue weighted by molar-refractivity contribution is -0.178. The molecule has 23 heavy (non-hydrogen) atoms. The van der Waals surface area contributed by atoms with Crippen molar-refractivity contribution in [3.63, 3.8) is 0 Å². The molecule has 3 nitrogen and oxygen atoms in total. The molecule has 5 rings (SSSR count). The number of hydrogen-bond acceptors (Lipinski definition) is 3. The first-order chi connectivity index (χ1) is 11.1. The highest BCUT2D eigenvalue weighted by atomic mass is 16.5. The monoisotopic (exact) mass is 314 g/mol. The van der Waals surface area contributed by atoms with Gasteiger partial charge in [0, 0.05) is 6.61 Å². The Labute approximate surface area is 138 Å². The Balaban J connectivity index is 1.75. The van der Waals surface area contributed by atoms with Gasteiger partial charge in [0.15, 0.2) is 0 Å². The van der Waals surface area contributed by atoms with Crippen molar-refractivity contribution in [3.8, 4) is 0 Å². The van der Waals surface area contributed by atoms with Gasteiger partial charge in [-0.1, -0.05) is 30.3 Å². The molecule has 0 amide bonds. The third-order valence-electron chi connectivity index (χ3n) is 6.97. The zero-order valence-corrected chi connectivity index (χ0v) is 13.8. The van der Waals surface area contributed by atoms with Crippen molar-refractivity contribution in [2.45, 2.75) is 43.9 Å². The van der Waals surface area contributed by atoms with Crippen LogP contribution in [-0.2, 0) is 14.9 Å². The van der Waals surface area contributed by atoms with Gasteiger partial charge in [-0.05, 0) is 67.3 Å². The average molecular weight is 314 g/mol. The first-order valence-electron chi connectivity index (χ1n) is 8.87. The Morgan fingerprint density at radius 1 is 1.17 bits per heavy atom. The molecule has 4 aliphatic rings. The maximum Gasteiger partial charge on any atom is 0.311 e. The number of ether oxygens (including phenoxy) is 1. The molecule has 2 atom stereocenters. The van der Waals surface area contributed by atoms with Gasteiger partial charge in [-0.25, -0.2) is 0 Å². The number of rotatable bonds is 4. The van der Waals surface area contributed by atoms with E-state index in [0.717, 1.165) is 38.5 Å². The molecule has 4 saturated carbocycles. The quantitative estimate of drug-likeness (QED) is 0.867. The number of carbonyl (C=O) groups excluding carboxylic acids is 1. The average Bonchev–Trinajstić information content (AvgIpc) is 2.57. The van der Waals surface area contributed by atoms with E-state index in [-0.39, 0.29) is 23.4 Å². The van der Waals surface area contributed by atoms with E-state index in [0.29, 0.717) is 17.8 Å². The summed E-state index contributed by atoms with van der Waals surface area (Å²) in [7, 11) is 1.53. The second kappa shape index (κ2) is 5.34. The highest BCUT2D eigenvalue weighted by Gasteiger charge is 2.64. The molecule has 4 fully saturated rings. The lowest BCUT2D eigenvalue weighted by Gasteiger charge is -2.64. The van der Waals surface area contributed by atoms with Crippen LogP contribution in [0.5, 0.6) is 0 Å². The van der Waals surface area contributed by atoms with Gasteiger partial charge in [0.1, 0.15) is 0 Å². The van der Waals surface area contributed by atoms with Crippen LogP contribution in [0.2, 0.25) is 0 Å². The van der Waals surface area contributed by atoms with Gasteiger partial charge >= 0.3 is 5.97 Å². The third-order valence-corrected chi connectivity index (χ3v) is 6.97. The number of methoxy groups -OCH3 is 1. The van der Waals surface area contributed by atoms with Gasteiger partial charge in [0.05, 0.1) is 12.5 Å². The van der Waals surface area contributed by atoms with E-state index in [1.807, 2.05) is 0 Å². The molecule has 1 N–H and O–H groups in total. The maximum absolute atomic E-state index is 12.6. The van der Waals surface area contributed by atoms with Crippen LogP contribution >= 0.6 is 0 Å². The van der Waals surface area contributed by atoms with Gasteiger partial charge in [0.25, 0.3) is 0 Å². The molecule has 1 aromatic rings. The minimum absolute atomic E-state index is 0.00495. The molecule has 3 heteroatoms. The van der Waals surface area contributed by atoms with E-state index in [1.165, 1.54) is 12.7 Å². The maximum atomic E-state index is 12.6. The van der Waals surface area contributed by atoms with Crippen LogP contribution < -0.4 is 0 Å². The summed E-state index contributed by atoms with van der Waals surface area (Å²) in [4.78, 5) is 12.6. The molecule has 4 aliphatic carbocycles. The smallest absolute Gasteiger partial charge is 0.311 e. The number of esters is 1. The summed E-state index contributed by atoms with van der Waals surface area (Å²) in [6.45, 7) is 0.265. The molecule has 0 radical (unpaired) electrons. The highest BCUT2D eigenvalue weighted by molar-refractivity contribution is 5.78. The van der Waals surface area contributed by atoms with Gasteiger partial charge in [0.2, 0.25) is 0 Å². The number of carbonyl (C=O) groups is 1. The van der Waals surface area contributed by atoms with Crippen LogP contribution in [0.3, 0.4) is 0 Å². The van der Waals surface area contributed by atoms with E-state index in [2.05, 4.69) is 30.3 Å².